The quantitative estimate of drug-likeness (QED) is 0.515. The molecule has 6 nitrogen and oxygen atoms in total. The van der Waals surface area contributed by atoms with Gasteiger partial charge in [-0.2, -0.15) is 5.10 Å². The molecule has 0 saturated carbocycles. The van der Waals surface area contributed by atoms with Gasteiger partial charge in [-0.25, -0.2) is 0 Å². The molecule has 3 N–H and O–H groups in total. The molecule has 30 heavy (non-hydrogen) atoms. The first kappa shape index (κ1) is 21.5. The van der Waals surface area contributed by atoms with Crippen LogP contribution in [-0.4, -0.2) is 27.6 Å². The number of rotatable bonds is 9. The fourth-order valence-corrected chi connectivity index (χ4v) is 3.84. The summed E-state index contributed by atoms with van der Waals surface area (Å²) in [5.74, 6) is -0.914. The van der Waals surface area contributed by atoms with Gasteiger partial charge in [-0.05, 0) is 29.0 Å². The topological polar surface area (TPSA) is 90.0 Å². The number of nitrogens with two attached hydrogens (primary N) is 1. The van der Waals surface area contributed by atoms with E-state index < -0.39 is 11.9 Å². The van der Waals surface area contributed by atoms with E-state index in [-0.39, 0.29) is 11.8 Å². The number of carbonyl (C=O) groups excluding carboxylic acids is 2. The van der Waals surface area contributed by atoms with Gasteiger partial charge in [0.15, 0.2) is 0 Å². The number of hydrogen-bond acceptors (Lipinski definition) is 4. The zero-order chi connectivity index (χ0) is 21.5. The predicted octanol–water partition coefficient (Wildman–Crippen LogP) is 3.69. The van der Waals surface area contributed by atoms with E-state index in [0.29, 0.717) is 6.54 Å². The second kappa shape index (κ2) is 10.0. The van der Waals surface area contributed by atoms with Crippen LogP contribution in [0, 0.1) is 5.92 Å². The van der Waals surface area contributed by atoms with Crippen LogP contribution in [0.25, 0.3) is 16.6 Å². The molecular weight excluding hydrogens is 396 g/mol. The molecule has 0 aliphatic carbocycles. The van der Waals surface area contributed by atoms with Gasteiger partial charge >= 0.3 is 0 Å². The first-order chi connectivity index (χ1) is 14.5. The number of amides is 2. The van der Waals surface area contributed by atoms with Crippen LogP contribution in [0.3, 0.4) is 0 Å². The maximum Gasteiger partial charge on any atom is 0.244 e. The Balaban J connectivity index is 1.81. The molecule has 2 atom stereocenters. The second-order valence-electron chi connectivity index (χ2n) is 7.20. The van der Waals surface area contributed by atoms with E-state index in [2.05, 4.69) is 5.32 Å². The number of hydrogen-bond donors (Lipinski definition) is 2. The highest BCUT2D eigenvalue weighted by molar-refractivity contribution is 7.13. The van der Waals surface area contributed by atoms with Crippen molar-refractivity contribution in [3.63, 3.8) is 0 Å². The Hall–Kier alpha value is -3.19. The predicted molar refractivity (Wildman–Crippen MR) is 121 cm³/mol. The molecule has 0 radical (unpaired) electrons. The molecule has 0 aliphatic heterocycles. The first-order valence-electron chi connectivity index (χ1n) is 9.91. The molecule has 3 rings (SSSR count). The zero-order valence-electron chi connectivity index (χ0n) is 17.1. The highest BCUT2D eigenvalue weighted by atomic mass is 32.1. The summed E-state index contributed by atoms with van der Waals surface area (Å²) >= 11 is 1.59. The SMILES string of the molecule is CCC(C)C(NC(=O)C=Cc1cn(Cc2ccccc2)nc1-c1cccs1)C(N)=O. The van der Waals surface area contributed by atoms with Crippen LogP contribution in [-0.2, 0) is 16.1 Å². The summed E-state index contributed by atoms with van der Waals surface area (Å²) in [6.45, 7) is 4.48. The third kappa shape index (κ3) is 5.45. The number of thiophene rings is 1. The summed E-state index contributed by atoms with van der Waals surface area (Å²) in [5.41, 5.74) is 8.24. The van der Waals surface area contributed by atoms with Gasteiger partial charge < -0.3 is 11.1 Å². The number of nitrogens with one attached hydrogen (secondary N) is 1. The average Bonchev–Trinajstić information content (AvgIpc) is 3.40. The van der Waals surface area contributed by atoms with Crippen molar-refractivity contribution in [3.8, 4) is 10.6 Å². The Morgan fingerprint density at radius 1 is 1.23 bits per heavy atom. The summed E-state index contributed by atoms with van der Waals surface area (Å²) in [4.78, 5) is 25.1. The largest absolute Gasteiger partial charge is 0.368 e. The lowest BCUT2D eigenvalue weighted by atomic mass is 9.98. The molecule has 2 aromatic heterocycles. The monoisotopic (exact) mass is 422 g/mol. The maximum absolute atomic E-state index is 12.4. The van der Waals surface area contributed by atoms with Gasteiger partial charge in [-0.15, -0.1) is 11.3 Å². The summed E-state index contributed by atoms with van der Waals surface area (Å²) in [7, 11) is 0. The van der Waals surface area contributed by atoms with Crippen LogP contribution >= 0.6 is 11.3 Å². The van der Waals surface area contributed by atoms with Gasteiger partial charge in [0.1, 0.15) is 11.7 Å². The lowest BCUT2D eigenvalue weighted by Crippen LogP contribution is -2.47. The molecule has 2 heterocycles. The van der Waals surface area contributed by atoms with E-state index in [0.717, 1.165) is 28.1 Å². The van der Waals surface area contributed by atoms with Crippen LogP contribution in [0.1, 0.15) is 31.4 Å². The number of benzene rings is 1. The third-order valence-corrected chi connectivity index (χ3v) is 5.84. The highest BCUT2D eigenvalue weighted by Crippen LogP contribution is 2.27. The van der Waals surface area contributed by atoms with Crippen molar-refractivity contribution in [2.24, 2.45) is 11.7 Å². The lowest BCUT2D eigenvalue weighted by Gasteiger charge is -2.20. The molecule has 2 amide bonds. The van der Waals surface area contributed by atoms with E-state index in [1.165, 1.54) is 6.08 Å². The van der Waals surface area contributed by atoms with Crippen molar-refractivity contribution in [1.82, 2.24) is 15.1 Å². The highest BCUT2D eigenvalue weighted by Gasteiger charge is 2.22. The molecule has 2 unspecified atom stereocenters. The van der Waals surface area contributed by atoms with Crippen molar-refractivity contribution in [2.75, 3.05) is 0 Å². The van der Waals surface area contributed by atoms with Crippen LogP contribution in [0.2, 0.25) is 0 Å². The van der Waals surface area contributed by atoms with E-state index >= 15 is 0 Å². The molecule has 7 heteroatoms. The van der Waals surface area contributed by atoms with Gasteiger partial charge in [-0.3, -0.25) is 14.3 Å². The van der Waals surface area contributed by atoms with E-state index in [4.69, 9.17) is 10.8 Å². The number of primary amides is 1. The minimum atomic E-state index is -0.690. The van der Waals surface area contributed by atoms with Crippen LogP contribution in [0.15, 0.2) is 60.1 Å². The van der Waals surface area contributed by atoms with Gasteiger partial charge in [0.05, 0.1) is 11.4 Å². The molecule has 0 bridgehead atoms. The minimum Gasteiger partial charge on any atom is -0.368 e. The fraction of sp³-hybridized carbons (Fsp3) is 0.261. The Morgan fingerprint density at radius 3 is 2.63 bits per heavy atom. The Labute approximate surface area is 180 Å². The van der Waals surface area contributed by atoms with Crippen molar-refractivity contribution in [3.05, 3.63) is 71.2 Å². The molecule has 0 fully saturated rings. The smallest absolute Gasteiger partial charge is 0.244 e. The van der Waals surface area contributed by atoms with Crippen molar-refractivity contribution in [2.45, 2.75) is 32.9 Å². The van der Waals surface area contributed by atoms with Gasteiger partial charge in [-0.1, -0.05) is 56.7 Å². The van der Waals surface area contributed by atoms with E-state index in [1.807, 2.05) is 72.6 Å². The van der Waals surface area contributed by atoms with Crippen molar-refractivity contribution >= 4 is 29.2 Å². The summed E-state index contributed by atoms with van der Waals surface area (Å²) < 4.78 is 1.87. The minimum absolute atomic E-state index is 0.0323. The number of carbonyl (C=O) groups is 2. The molecule has 0 aliphatic rings. The number of nitrogens with zero attached hydrogens (tertiary/aromatic N) is 2. The Morgan fingerprint density at radius 2 is 2.00 bits per heavy atom. The van der Waals surface area contributed by atoms with Gasteiger partial charge in [0, 0.05) is 17.8 Å². The second-order valence-corrected chi connectivity index (χ2v) is 8.15. The Bertz CT molecular complexity index is 1010. The van der Waals surface area contributed by atoms with Crippen molar-refractivity contribution < 1.29 is 9.59 Å². The van der Waals surface area contributed by atoms with Crippen LogP contribution in [0.5, 0.6) is 0 Å². The number of aromatic nitrogens is 2. The fourth-order valence-electron chi connectivity index (χ4n) is 3.11. The molecular formula is C23H26N4O2S. The summed E-state index contributed by atoms with van der Waals surface area (Å²) in [5, 5.41) is 9.44. The van der Waals surface area contributed by atoms with E-state index in [9.17, 15) is 9.59 Å². The summed E-state index contributed by atoms with van der Waals surface area (Å²) in [6, 6.07) is 13.4. The first-order valence-corrected chi connectivity index (χ1v) is 10.8. The lowest BCUT2D eigenvalue weighted by molar-refractivity contribution is -0.126. The standard InChI is InChI=1S/C23H26N4O2S/c1-3-16(2)21(23(24)29)25-20(28)12-11-18-15-27(14-17-8-5-4-6-9-17)26-22(18)19-10-7-13-30-19/h4-13,15-16,21H,3,14H2,1-2H3,(H2,24,29)(H,25,28). The Kier molecular flexibility index (Phi) is 7.19. The van der Waals surface area contributed by atoms with Gasteiger partial charge in [0.2, 0.25) is 11.8 Å². The molecule has 0 spiro atoms. The van der Waals surface area contributed by atoms with E-state index in [1.54, 1.807) is 17.4 Å². The summed E-state index contributed by atoms with van der Waals surface area (Å²) in [6.07, 6.45) is 5.82. The molecule has 0 saturated heterocycles. The van der Waals surface area contributed by atoms with Crippen LogP contribution in [0.4, 0.5) is 0 Å². The maximum atomic E-state index is 12.4. The average molecular weight is 423 g/mol. The molecule has 156 valence electrons. The normalized spacial score (nSPS) is 13.3. The zero-order valence-corrected chi connectivity index (χ0v) is 17.9. The van der Waals surface area contributed by atoms with Crippen molar-refractivity contribution in [1.29, 1.82) is 0 Å². The van der Waals surface area contributed by atoms with Crippen LogP contribution < -0.4 is 11.1 Å². The molecule has 3 aromatic rings. The van der Waals surface area contributed by atoms with Gasteiger partial charge in [0.25, 0.3) is 0 Å². The third-order valence-electron chi connectivity index (χ3n) is 4.96. The molecule has 1 aromatic carbocycles.